The monoisotopic (exact) mass is 272 g/mol. The Morgan fingerprint density at radius 3 is 2.80 bits per heavy atom. The van der Waals surface area contributed by atoms with E-state index in [0.717, 1.165) is 26.1 Å². The second kappa shape index (κ2) is 7.27. The van der Waals surface area contributed by atoms with Crippen molar-refractivity contribution in [1.29, 1.82) is 0 Å². The number of hydrogen-bond donors (Lipinski definition) is 1. The molecule has 0 aliphatic carbocycles. The van der Waals surface area contributed by atoms with Crippen LogP contribution in [0.15, 0.2) is 36.5 Å². The van der Waals surface area contributed by atoms with Crippen LogP contribution in [-0.2, 0) is 11.3 Å². The van der Waals surface area contributed by atoms with Crippen LogP contribution in [0.3, 0.4) is 0 Å². The highest BCUT2D eigenvalue weighted by atomic mass is 16.5. The Hall–Kier alpha value is -1.58. The molecule has 0 aliphatic rings. The molecule has 0 aliphatic heterocycles. The number of ether oxygens (including phenoxy) is 1. The molecule has 0 fully saturated rings. The number of hydrogen-bond acceptors (Lipinski definition) is 2. The summed E-state index contributed by atoms with van der Waals surface area (Å²) in [6, 6.07) is 10.9. The Morgan fingerprint density at radius 1 is 1.20 bits per heavy atom. The number of aromatic nitrogens is 1. The molecule has 3 heteroatoms. The molecule has 2 rings (SSSR count). The van der Waals surface area contributed by atoms with Crippen molar-refractivity contribution in [2.45, 2.75) is 26.8 Å². The summed E-state index contributed by atoms with van der Waals surface area (Å²) >= 11 is 0. The molecule has 0 bridgehead atoms. The van der Waals surface area contributed by atoms with Crippen LogP contribution in [0.25, 0.3) is 5.69 Å². The van der Waals surface area contributed by atoms with Crippen molar-refractivity contribution in [1.82, 2.24) is 9.88 Å². The van der Waals surface area contributed by atoms with Crippen molar-refractivity contribution in [2.24, 2.45) is 0 Å². The lowest BCUT2D eigenvalue weighted by Gasteiger charge is -2.13. The van der Waals surface area contributed by atoms with Gasteiger partial charge in [0.25, 0.3) is 0 Å². The SMILES string of the molecule is COCCCNCc1cccn1-c1ccc(C)cc1C. The number of nitrogens with one attached hydrogen (secondary N) is 1. The smallest absolute Gasteiger partial charge is 0.0482 e. The number of methoxy groups -OCH3 is 1. The van der Waals surface area contributed by atoms with Crippen molar-refractivity contribution in [3.05, 3.63) is 53.3 Å². The number of nitrogens with zero attached hydrogens (tertiary/aromatic N) is 1. The topological polar surface area (TPSA) is 26.2 Å². The molecule has 0 spiro atoms. The molecule has 20 heavy (non-hydrogen) atoms. The Bertz CT molecular complexity index is 546. The Kier molecular flexibility index (Phi) is 5.39. The summed E-state index contributed by atoms with van der Waals surface area (Å²) in [7, 11) is 1.74. The molecule has 3 nitrogen and oxygen atoms in total. The van der Waals surface area contributed by atoms with E-state index in [1.807, 2.05) is 0 Å². The van der Waals surface area contributed by atoms with E-state index in [2.05, 4.69) is 60.3 Å². The van der Waals surface area contributed by atoms with Gasteiger partial charge in [0, 0.05) is 37.8 Å². The zero-order valence-electron chi connectivity index (χ0n) is 12.6. The first-order chi connectivity index (χ1) is 9.72. The van der Waals surface area contributed by atoms with E-state index in [4.69, 9.17) is 4.74 Å². The maximum Gasteiger partial charge on any atom is 0.0482 e. The quantitative estimate of drug-likeness (QED) is 0.783. The van der Waals surface area contributed by atoms with Gasteiger partial charge < -0.3 is 14.6 Å². The maximum absolute atomic E-state index is 5.05. The minimum absolute atomic E-state index is 0.811. The molecule has 108 valence electrons. The lowest BCUT2D eigenvalue weighted by atomic mass is 10.1. The van der Waals surface area contributed by atoms with Crippen molar-refractivity contribution in [3.8, 4) is 5.69 Å². The van der Waals surface area contributed by atoms with Crippen molar-refractivity contribution in [2.75, 3.05) is 20.3 Å². The van der Waals surface area contributed by atoms with Gasteiger partial charge in [-0.1, -0.05) is 17.7 Å². The van der Waals surface area contributed by atoms with Crippen LogP contribution < -0.4 is 5.32 Å². The van der Waals surface area contributed by atoms with Gasteiger partial charge in [-0.05, 0) is 50.6 Å². The second-order valence-corrected chi connectivity index (χ2v) is 5.18. The lowest BCUT2D eigenvalue weighted by molar-refractivity contribution is 0.194. The van der Waals surface area contributed by atoms with E-state index >= 15 is 0 Å². The van der Waals surface area contributed by atoms with Crippen molar-refractivity contribution in [3.63, 3.8) is 0 Å². The summed E-state index contributed by atoms with van der Waals surface area (Å²) in [5, 5.41) is 3.46. The average molecular weight is 272 g/mol. The van der Waals surface area contributed by atoms with Gasteiger partial charge in [-0.15, -0.1) is 0 Å². The number of rotatable bonds is 7. The zero-order valence-corrected chi connectivity index (χ0v) is 12.6. The van der Waals surface area contributed by atoms with Crippen LogP contribution in [0.4, 0.5) is 0 Å². The third kappa shape index (κ3) is 3.71. The third-order valence-electron chi connectivity index (χ3n) is 3.45. The second-order valence-electron chi connectivity index (χ2n) is 5.18. The molecule has 1 heterocycles. The van der Waals surface area contributed by atoms with E-state index in [0.29, 0.717) is 0 Å². The first-order valence-corrected chi connectivity index (χ1v) is 7.16. The molecule has 1 aromatic heterocycles. The van der Waals surface area contributed by atoms with Gasteiger partial charge in [0.15, 0.2) is 0 Å². The Labute approximate surface area is 121 Å². The van der Waals surface area contributed by atoms with Gasteiger partial charge >= 0.3 is 0 Å². The largest absolute Gasteiger partial charge is 0.385 e. The summed E-state index contributed by atoms with van der Waals surface area (Å²) in [5.41, 5.74) is 5.16. The highest BCUT2D eigenvalue weighted by molar-refractivity contribution is 5.44. The van der Waals surface area contributed by atoms with E-state index in [1.54, 1.807) is 7.11 Å². The highest BCUT2D eigenvalue weighted by Gasteiger charge is 2.05. The average Bonchev–Trinajstić information content (AvgIpc) is 2.87. The van der Waals surface area contributed by atoms with Gasteiger partial charge in [-0.3, -0.25) is 0 Å². The molecule has 0 unspecified atom stereocenters. The lowest BCUT2D eigenvalue weighted by Crippen LogP contribution is -2.18. The molecule has 0 amide bonds. The molecule has 0 atom stereocenters. The van der Waals surface area contributed by atoms with Gasteiger partial charge in [-0.25, -0.2) is 0 Å². The first kappa shape index (κ1) is 14.8. The Morgan fingerprint density at radius 2 is 2.05 bits per heavy atom. The fourth-order valence-corrected chi connectivity index (χ4v) is 2.43. The predicted molar refractivity (Wildman–Crippen MR) is 83.4 cm³/mol. The van der Waals surface area contributed by atoms with E-state index in [-0.39, 0.29) is 0 Å². The summed E-state index contributed by atoms with van der Waals surface area (Å²) < 4.78 is 7.32. The summed E-state index contributed by atoms with van der Waals surface area (Å²) in [6.45, 7) is 6.96. The Balaban J connectivity index is 2.04. The van der Waals surface area contributed by atoms with E-state index < -0.39 is 0 Å². The van der Waals surface area contributed by atoms with Gasteiger partial charge in [0.05, 0.1) is 0 Å². The number of aryl methyl sites for hydroxylation is 2. The standard InChI is InChI=1S/C17H24N2O/c1-14-7-8-17(15(2)12-14)19-10-4-6-16(19)13-18-9-5-11-20-3/h4,6-8,10,12,18H,5,9,11,13H2,1-3H3. The zero-order chi connectivity index (χ0) is 14.4. The fourth-order valence-electron chi connectivity index (χ4n) is 2.43. The van der Waals surface area contributed by atoms with E-state index in [1.165, 1.54) is 22.5 Å². The van der Waals surface area contributed by atoms with Gasteiger partial charge in [0.1, 0.15) is 0 Å². The van der Waals surface area contributed by atoms with Gasteiger partial charge in [-0.2, -0.15) is 0 Å². The highest BCUT2D eigenvalue weighted by Crippen LogP contribution is 2.18. The van der Waals surface area contributed by atoms with Crippen molar-refractivity contribution >= 4 is 0 Å². The van der Waals surface area contributed by atoms with Crippen LogP contribution >= 0.6 is 0 Å². The molecule has 0 radical (unpaired) electrons. The van der Waals surface area contributed by atoms with Crippen LogP contribution in [-0.4, -0.2) is 24.8 Å². The van der Waals surface area contributed by atoms with Gasteiger partial charge in [0.2, 0.25) is 0 Å². The molecular weight excluding hydrogens is 248 g/mol. The summed E-state index contributed by atoms with van der Waals surface area (Å²) in [4.78, 5) is 0. The molecule has 1 aromatic carbocycles. The molecule has 0 saturated heterocycles. The summed E-state index contributed by atoms with van der Waals surface area (Å²) in [5.74, 6) is 0. The minimum atomic E-state index is 0.811. The maximum atomic E-state index is 5.05. The van der Waals surface area contributed by atoms with Crippen LogP contribution in [0.1, 0.15) is 23.2 Å². The molecular formula is C17H24N2O. The first-order valence-electron chi connectivity index (χ1n) is 7.16. The molecule has 0 saturated carbocycles. The molecule has 1 N–H and O–H groups in total. The van der Waals surface area contributed by atoms with Crippen LogP contribution in [0, 0.1) is 13.8 Å². The summed E-state index contributed by atoms with van der Waals surface area (Å²) in [6.07, 6.45) is 3.17. The minimum Gasteiger partial charge on any atom is -0.385 e. The third-order valence-corrected chi connectivity index (χ3v) is 3.45. The molecule has 2 aromatic rings. The van der Waals surface area contributed by atoms with Crippen LogP contribution in [0.2, 0.25) is 0 Å². The number of benzene rings is 1. The van der Waals surface area contributed by atoms with Crippen molar-refractivity contribution < 1.29 is 4.74 Å². The van der Waals surface area contributed by atoms with E-state index in [9.17, 15) is 0 Å². The normalized spacial score (nSPS) is 10.9. The predicted octanol–water partition coefficient (Wildman–Crippen LogP) is 3.22. The van der Waals surface area contributed by atoms with Crippen LogP contribution in [0.5, 0.6) is 0 Å². The fraction of sp³-hybridized carbons (Fsp3) is 0.412.